The second-order valence-electron chi connectivity index (χ2n) is 4.34. The number of benzene rings is 1. The van der Waals surface area contributed by atoms with Crippen LogP contribution in [0.25, 0.3) is 0 Å². The third-order valence-electron chi connectivity index (χ3n) is 2.45. The van der Waals surface area contributed by atoms with E-state index in [2.05, 4.69) is 21.2 Å². The van der Waals surface area contributed by atoms with Crippen LogP contribution in [0.5, 0.6) is 5.75 Å². The quantitative estimate of drug-likeness (QED) is 0.875. The number of nitrogens with one attached hydrogen (secondary N) is 1. The average Bonchev–Trinajstić information content (AvgIpc) is 2.23. The summed E-state index contributed by atoms with van der Waals surface area (Å²) < 4.78 is 6.30. The van der Waals surface area contributed by atoms with Crippen molar-refractivity contribution in [3.8, 4) is 5.75 Å². The van der Waals surface area contributed by atoms with Crippen LogP contribution in [0.1, 0.15) is 19.4 Å². The van der Waals surface area contributed by atoms with Gasteiger partial charge in [0.25, 0.3) is 0 Å². The second kappa shape index (κ2) is 5.66. The van der Waals surface area contributed by atoms with E-state index < -0.39 is 0 Å². The Labute approximate surface area is 105 Å². The Balaban J connectivity index is 2.52. The molecule has 0 atom stereocenters. The van der Waals surface area contributed by atoms with Gasteiger partial charge in [0, 0.05) is 24.7 Å². The molecular weight excluding hydrogens is 270 g/mol. The third-order valence-corrected chi connectivity index (χ3v) is 3.22. The van der Waals surface area contributed by atoms with E-state index in [9.17, 15) is 5.11 Å². The van der Waals surface area contributed by atoms with Gasteiger partial charge in [-0.15, -0.1) is 0 Å². The first-order valence-electron chi connectivity index (χ1n) is 5.18. The number of rotatable bonds is 5. The fraction of sp³-hybridized carbons (Fsp3) is 0.500. The van der Waals surface area contributed by atoms with E-state index in [0.29, 0.717) is 6.54 Å². The summed E-state index contributed by atoms with van der Waals surface area (Å²) in [6.07, 6.45) is 0. The zero-order valence-corrected chi connectivity index (χ0v) is 11.5. The Bertz CT molecular complexity index is 353. The van der Waals surface area contributed by atoms with E-state index in [0.717, 1.165) is 16.6 Å². The molecule has 16 heavy (non-hydrogen) atoms. The van der Waals surface area contributed by atoms with Crippen LogP contribution in [0.15, 0.2) is 22.7 Å². The maximum Gasteiger partial charge on any atom is 0.115 e. The molecule has 0 saturated heterocycles. The van der Waals surface area contributed by atoms with Gasteiger partial charge < -0.3 is 15.2 Å². The van der Waals surface area contributed by atoms with Crippen LogP contribution >= 0.6 is 15.9 Å². The summed E-state index contributed by atoms with van der Waals surface area (Å²) in [5, 5.41) is 12.7. The topological polar surface area (TPSA) is 41.5 Å². The number of hydrogen-bond donors (Lipinski definition) is 2. The first-order valence-corrected chi connectivity index (χ1v) is 5.97. The van der Waals surface area contributed by atoms with Gasteiger partial charge in [-0.25, -0.2) is 0 Å². The van der Waals surface area contributed by atoms with Crippen LogP contribution < -0.4 is 5.32 Å². The minimum Gasteiger partial charge on any atom is -0.508 e. The second-order valence-corrected chi connectivity index (χ2v) is 5.20. The van der Waals surface area contributed by atoms with Crippen molar-refractivity contribution in [1.82, 2.24) is 5.32 Å². The zero-order chi connectivity index (χ0) is 12.2. The Morgan fingerprint density at radius 2 is 2.12 bits per heavy atom. The molecule has 0 fully saturated rings. The maximum atomic E-state index is 9.37. The zero-order valence-electron chi connectivity index (χ0n) is 9.88. The van der Waals surface area contributed by atoms with Crippen LogP contribution in [0.2, 0.25) is 0 Å². The molecule has 1 aromatic carbocycles. The molecule has 0 heterocycles. The maximum absolute atomic E-state index is 9.37. The highest BCUT2D eigenvalue weighted by Gasteiger charge is 2.15. The van der Waals surface area contributed by atoms with Crippen molar-refractivity contribution < 1.29 is 9.84 Å². The predicted molar refractivity (Wildman–Crippen MR) is 68.6 cm³/mol. The van der Waals surface area contributed by atoms with Gasteiger partial charge in [0.2, 0.25) is 0 Å². The highest BCUT2D eigenvalue weighted by Crippen LogP contribution is 2.21. The van der Waals surface area contributed by atoms with E-state index in [-0.39, 0.29) is 11.4 Å². The number of hydrogen-bond acceptors (Lipinski definition) is 3. The Morgan fingerprint density at radius 3 is 2.75 bits per heavy atom. The van der Waals surface area contributed by atoms with Gasteiger partial charge in [0.1, 0.15) is 5.75 Å². The fourth-order valence-corrected chi connectivity index (χ4v) is 1.65. The molecule has 0 radical (unpaired) electrons. The summed E-state index contributed by atoms with van der Waals surface area (Å²) in [7, 11) is 1.70. The molecule has 0 saturated carbocycles. The molecule has 0 aliphatic rings. The normalized spacial score (nSPS) is 11.8. The van der Waals surface area contributed by atoms with Gasteiger partial charge >= 0.3 is 0 Å². The van der Waals surface area contributed by atoms with Crippen molar-refractivity contribution in [2.75, 3.05) is 13.7 Å². The largest absolute Gasteiger partial charge is 0.508 e. The number of ether oxygens (including phenoxy) is 1. The highest BCUT2D eigenvalue weighted by molar-refractivity contribution is 9.10. The summed E-state index contributed by atoms with van der Waals surface area (Å²) in [5.41, 5.74) is 0.857. The van der Waals surface area contributed by atoms with Crippen LogP contribution in [-0.2, 0) is 11.3 Å². The number of phenols is 1. The van der Waals surface area contributed by atoms with Crippen molar-refractivity contribution in [2.24, 2.45) is 0 Å². The molecule has 4 heteroatoms. The van der Waals surface area contributed by atoms with Gasteiger partial charge in [-0.05, 0) is 37.6 Å². The monoisotopic (exact) mass is 287 g/mol. The lowest BCUT2D eigenvalue weighted by Crippen LogP contribution is -2.36. The van der Waals surface area contributed by atoms with Gasteiger partial charge in [0.05, 0.1) is 5.60 Å². The highest BCUT2D eigenvalue weighted by atomic mass is 79.9. The van der Waals surface area contributed by atoms with Gasteiger partial charge in [-0.1, -0.05) is 15.9 Å². The molecule has 0 aliphatic carbocycles. The summed E-state index contributed by atoms with van der Waals surface area (Å²) in [6, 6.07) is 5.25. The number of methoxy groups -OCH3 is 1. The molecule has 0 bridgehead atoms. The molecular formula is C12H18BrNO2. The van der Waals surface area contributed by atoms with Crippen LogP contribution in [0.3, 0.4) is 0 Å². The summed E-state index contributed by atoms with van der Waals surface area (Å²) in [4.78, 5) is 0. The van der Waals surface area contributed by atoms with Gasteiger partial charge in [-0.2, -0.15) is 0 Å². The van der Waals surface area contributed by atoms with Crippen LogP contribution in [0, 0.1) is 0 Å². The number of halogens is 1. The molecule has 2 N–H and O–H groups in total. The van der Waals surface area contributed by atoms with Crippen molar-refractivity contribution in [2.45, 2.75) is 26.0 Å². The van der Waals surface area contributed by atoms with Crippen molar-refractivity contribution in [3.63, 3.8) is 0 Å². The molecule has 90 valence electrons. The molecule has 0 amide bonds. The Morgan fingerprint density at radius 1 is 1.44 bits per heavy atom. The first kappa shape index (κ1) is 13.5. The van der Waals surface area contributed by atoms with Crippen molar-refractivity contribution in [3.05, 3.63) is 28.2 Å². The molecule has 0 aliphatic heterocycles. The molecule has 0 spiro atoms. The molecule has 3 nitrogen and oxygen atoms in total. The molecule has 0 aromatic heterocycles. The lowest BCUT2D eigenvalue weighted by molar-refractivity contribution is 0.0230. The van der Waals surface area contributed by atoms with E-state index in [1.807, 2.05) is 19.9 Å². The fourth-order valence-electron chi connectivity index (χ4n) is 1.27. The van der Waals surface area contributed by atoms with E-state index in [1.165, 1.54) is 0 Å². The predicted octanol–water partition coefficient (Wildman–Crippen LogP) is 2.67. The minimum atomic E-state index is -0.177. The third kappa shape index (κ3) is 4.12. The SMILES string of the molecule is COC(C)(C)CNCc1cc(O)ccc1Br. The Hall–Kier alpha value is -0.580. The molecule has 0 unspecified atom stereocenters. The summed E-state index contributed by atoms with van der Waals surface area (Å²) >= 11 is 3.45. The molecule has 1 aromatic rings. The lowest BCUT2D eigenvalue weighted by atomic mass is 10.1. The van der Waals surface area contributed by atoms with Crippen molar-refractivity contribution in [1.29, 1.82) is 0 Å². The standard InChI is InChI=1S/C12H18BrNO2/c1-12(2,16-3)8-14-7-9-6-10(15)4-5-11(9)13/h4-6,14-15H,7-8H2,1-3H3. The summed E-state index contributed by atoms with van der Waals surface area (Å²) in [5.74, 6) is 0.283. The number of aromatic hydroxyl groups is 1. The van der Waals surface area contributed by atoms with E-state index in [1.54, 1.807) is 19.2 Å². The average molecular weight is 288 g/mol. The van der Waals surface area contributed by atoms with Gasteiger partial charge in [0.15, 0.2) is 0 Å². The number of phenolic OH excluding ortho intramolecular Hbond substituents is 1. The Kier molecular flexibility index (Phi) is 4.77. The van der Waals surface area contributed by atoms with Crippen LogP contribution in [0.4, 0.5) is 0 Å². The van der Waals surface area contributed by atoms with E-state index >= 15 is 0 Å². The van der Waals surface area contributed by atoms with Crippen LogP contribution in [-0.4, -0.2) is 24.4 Å². The van der Waals surface area contributed by atoms with Crippen molar-refractivity contribution >= 4 is 15.9 Å². The van der Waals surface area contributed by atoms with Gasteiger partial charge in [-0.3, -0.25) is 0 Å². The first-order chi connectivity index (χ1) is 7.44. The minimum absolute atomic E-state index is 0.177. The molecule has 1 rings (SSSR count). The lowest BCUT2D eigenvalue weighted by Gasteiger charge is -2.23. The van der Waals surface area contributed by atoms with E-state index in [4.69, 9.17) is 4.74 Å². The summed E-state index contributed by atoms with van der Waals surface area (Å²) in [6.45, 7) is 5.50. The smallest absolute Gasteiger partial charge is 0.115 e.